The van der Waals surface area contributed by atoms with E-state index in [0.717, 1.165) is 0 Å². The normalized spacial score (nSPS) is 22.5. The molecule has 21 heteroatoms. The van der Waals surface area contributed by atoms with Crippen LogP contribution in [-0.4, -0.2) is 105 Å². The molecule has 0 bridgehead atoms. The highest BCUT2D eigenvalue weighted by atomic mass is 32.2. The Morgan fingerprint density at radius 1 is 0.732 bits per heavy atom. The Balaban J connectivity index is 1.03. The van der Waals surface area contributed by atoms with Crippen molar-refractivity contribution >= 4 is 44.4 Å². The zero-order valence-corrected chi connectivity index (χ0v) is 39.7. The van der Waals surface area contributed by atoms with E-state index in [0.29, 0.717) is 51.3 Å². The summed E-state index contributed by atoms with van der Waals surface area (Å²) in [5.74, 6) is 0.376. The third kappa shape index (κ3) is 9.07. The second-order valence-electron chi connectivity index (χ2n) is 17.0. The molecule has 2 aliphatic heterocycles. The number of rotatable bonds is 17. The van der Waals surface area contributed by atoms with Gasteiger partial charge in [0.25, 0.3) is 5.91 Å². The van der Waals surface area contributed by atoms with Gasteiger partial charge in [-0.2, -0.15) is 13.1 Å². The molecule has 71 heavy (non-hydrogen) atoms. The van der Waals surface area contributed by atoms with Crippen LogP contribution in [0, 0.1) is 5.92 Å². The van der Waals surface area contributed by atoms with Gasteiger partial charge in [-0.3, -0.25) is 13.9 Å². The van der Waals surface area contributed by atoms with Gasteiger partial charge < -0.3 is 29.0 Å². The minimum atomic E-state index is -4.66. The number of imidazole rings is 2. The van der Waals surface area contributed by atoms with Gasteiger partial charge >= 0.3 is 10.3 Å². The topological polar surface area (TPSA) is 218 Å². The number of nitrogens with zero attached hydrogens (tertiary/aromatic N) is 8. The highest BCUT2D eigenvalue weighted by molar-refractivity contribution is 7.84. The zero-order chi connectivity index (χ0) is 49.3. The summed E-state index contributed by atoms with van der Waals surface area (Å²) >= 11 is 0. The Morgan fingerprint density at radius 2 is 1.34 bits per heavy atom. The first-order valence-electron chi connectivity index (χ1n) is 22.8. The van der Waals surface area contributed by atoms with Gasteiger partial charge in [-0.15, -0.1) is 0 Å². The number of hydrogen-bond donors (Lipinski definition) is 2. The van der Waals surface area contributed by atoms with E-state index in [2.05, 4.69) is 39.9 Å². The number of benzene rings is 4. The van der Waals surface area contributed by atoms with Crippen LogP contribution in [0.25, 0.3) is 22.3 Å². The van der Waals surface area contributed by atoms with Gasteiger partial charge in [-0.25, -0.2) is 38.5 Å². The van der Waals surface area contributed by atoms with Crippen LogP contribution in [0.4, 0.5) is 10.2 Å². The monoisotopic (exact) mass is 984 g/mol. The van der Waals surface area contributed by atoms with Crippen molar-refractivity contribution in [1.29, 1.82) is 0 Å². The molecule has 366 valence electrons. The zero-order valence-electron chi connectivity index (χ0n) is 38.9. The lowest BCUT2D eigenvalue weighted by molar-refractivity contribution is -0.0917. The van der Waals surface area contributed by atoms with Crippen LogP contribution in [0.15, 0.2) is 141 Å². The third-order valence-corrected chi connectivity index (χ3v) is 14.0. The maximum atomic E-state index is 18.2. The summed E-state index contributed by atoms with van der Waals surface area (Å²) in [4.78, 5) is 39.3. The molecule has 0 radical (unpaired) electrons. The van der Waals surface area contributed by atoms with Crippen LogP contribution in [0.3, 0.4) is 0 Å². The van der Waals surface area contributed by atoms with E-state index in [9.17, 15) is 13.2 Å². The number of hydrogen-bond acceptors (Lipinski definition) is 15. The molecular weight excluding hydrogens is 936 g/mol. The van der Waals surface area contributed by atoms with Crippen LogP contribution >= 0.6 is 0 Å². The van der Waals surface area contributed by atoms with Crippen molar-refractivity contribution < 1.29 is 45.5 Å². The van der Waals surface area contributed by atoms with Gasteiger partial charge in [0.1, 0.15) is 53.6 Å². The van der Waals surface area contributed by atoms with Crippen molar-refractivity contribution in [2.75, 3.05) is 26.1 Å². The molecule has 1 amide bonds. The molecular formula is C50H49FN10O9S. The summed E-state index contributed by atoms with van der Waals surface area (Å²) in [6.07, 6.45) is -1.16. The summed E-state index contributed by atoms with van der Waals surface area (Å²) < 4.78 is 89.7. The van der Waals surface area contributed by atoms with Crippen LogP contribution in [0.5, 0.6) is 11.5 Å². The minimum Gasteiger partial charge on any atom is -0.497 e. The number of fused-ring (bicyclic) bond motifs is 2. The Kier molecular flexibility index (Phi) is 13.3. The molecule has 8 aromatic rings. The molecule has 6 heterocycles. The van der Waals surface area contributed by atoms with Crippen LogP contribution in [0.2, 0.25) is 0 Å². The Bertz CT molecular complexity index is 3190. The largest absolute Gasteiger partial charge is 0.497 e. The van der Waals surface area contributed by atoms with E-state index >= 15 is 4.39 Å². The Hall–Kier alpha value is -7.27. The molecule has 8 atom stereocenters. The number of alkyl halides is 1. The number of halogens is 1. The molecule has 2 fully saturated rings. The first-order valence-corrected chi connectivity index (χ1v) is 24.2. The number of methoxy groups -OCH3 is 2. The van der Waals surface area contributed by atoms with E-state index in [1.165, 1.54) is 29.9 Å². The number of anilines is 1. The van der Waals surface area contributed by atoms with E-state index < -0.39 is 71.2 Å². The van der Waals surface area contributed by atoms with E-state index in [1.54, 1.807) is 79.6 Å². The summed E-state index contributed by atoms with van der Waals surface area (Å²) in [5, 5.41) is 2.78. The summed E-state index contributed by atoms with van der Waals surface area (Å²) in [5.41, 5.74) is 1.84. The maximum absolute atomic E-state index is 18.2. The highest BCUT2D eigenvalue weighted by Gasteiger charge is 2.53. The van der Waals surface area contributed by atoms with Crippen molar-refractivity contribution in [1.82, 2.24) is 43.8 Å². The summed E-state index contributed by atoms with van der Waals surface area (Å²) in [6, 6.07) is 32.3. The maximum Gasteiger partial charge on any atom is 0.336 e. The van der Waals surface area contributed by atoms with Gasteiger partial charge in [-0.1, -0.05) is 86.6 Å². The average molecular weight is 985 g/mol. The van der Waals surface area contributed by atoms with E-state index in [4.69, 9.17) is 27.9 Å². The molecule has 0 saturated carbocycles. The number of carbonyl (C=O) groups excluding carboxylic acids is 1. The van der Waals surface area contributed by atoms with Crippen molar-refractivity contribution in [3.63, 3.8) is 0 Å². The first kappa shape index (κ1) is 47.4. The highest BCUT2D eigenvalue weighted by Crippen LogP contribution is 2.47. The molecule has 0 spiro atoms. The Morgan fingerprint density at radius 3 is 2.00 bits per heavy atom. The van der Waals surface area contributed by atoms with Crippen molar-refractivity contribution in [3.8, 4) is 11.5 Å². The molecule has 19 nitrogen and oxygen atoms in total. The standard InChI is InChI=1S/C50H49FN10O9S/c1-5-38-30(2)42(49(67-38)60-28-56-37-24-52-26-54-45(37)60)70-71(63,64)58-25-39-43(40(51)48(68-39)61-29-57-41-44(53-27-55-46(41)61)59-47(62)31-12-8-6-9-13-31)69-50(32-14-10-7-11-15-32,33-16-20-35(65-3)21-17-33)34-18-22-36(66-4)23-19-34/h6-24,26-30,38-40,42-43,48-49,58H,5,25H2,1-4H3,(H,53,55,59,62)/t30-,38-,39-,40-,42-,43-,48-,49-/m1/s1. The number of amides is 1. The molecule has 0 aliphatic carbocycles. The lowest BCUT2D eigenvalue weighted by Crippen LogP contribution is -2.47. The summed E-state index contributed by atoms with van der Waals surface area (Å²) in [6.45, 7) is 3.27. The Labute approximate surface area is 407 Å². The molecule has 0 unspecified atom stereocenters. The fourth-order valence-electron chi connectivity index (χ4n) is 9.37. The molecule has 2 aliphatic rings. The fourth-order valence-corrected chi connectivity index (χ4v) is 10.4. The van der Waals surface area contributed by atoms with E-state index in [1.807, 2.05) is 68.4 Å². The molecule has 2 N–H and O–H groups in total. The van der Waals surface area contributed by atoms with E-state index in [-0.39, 0.29) is 23.1 Å². The average Bonchev–Trinajstić information content (AvgIpc) is 4.19. The van der Waals surface area contributed by atoms with Crippen LogP contribution in [-0.2, 0) is 34.3 Å². The van der Waals surface area contributed by atoms with Gasteiger partial charge in [0, 0.05) is 18.0 Å². The quantitative estimate of drug-likeness (QED) is 0.0906. The first-order chi connectivity index (χ1) is 34.5. The second kappa shape index (κ2) is 19.9. The van der Waals surface area contributed by atoms with Gasteiger partial charge in [-0.05, 0) is 59.5 Å². The van der Waals surface area contributed by atoms with Crippen molar-refractivity contribution in [2.45, 2.75) is 68.9 Å². The predicted molar refractivity (Wildman–Crippen MR) is 256 cm³/mol. The molecule has 2 saturated heterocycles. The lowest BCUT2D eigenvalue weighted by Gasteiger charge is -2.39. The number of aromatic nitrogens is 8. The van der Waals surface area contributed by atoms with Gasteiger partial charge in [0.05, 0.1) is 39.2 Å². The SMILES string of the molecule is CC[C@H]1O[C@@H](n2cnc3cncnc32)[C@H](OS(=O)(=O)NC[C@H]2O[C@@H](n3cnc4c(NC(=O)c5ccccc5)ncnc43)[C@H](F)[C@@H]2OC(c2ccccc2)(c2ccc(OC)cc2)c2ccc(OC)cc2)[C@@H]1C. The lowest BCUT2D eigenvalue weighted by atomic mass is 9.79. The number of nitrogens with one attached hydrogen (secondary N) is 2. The predicted octanol–water partition coefficient (Wildman–Crippen LogP) is 6.71. The minimum absolute atomic E-state index is 0.0808. The third-order valence-electron chi connectivity index (χ3n) is 13.0. The van der Waals surface area contributed by atoms with Gasteiger partial charge in [0.15, 0.2) is 41.3 Å². The van der Waals surface area contributed by atoms with Gasteiger partial charge in [0.2, 0.25) is 0 Å². The second-order valence-corrected chi connectivity index (χ2v) is 18.4. The van der Waals surface area contributed by atoms with Crippen LogP contribution in [0.1, 0.15) is 59.8 Å². The molecule has 4 aromatic carbocycles. The smallest absolute Gasteiger partial charge is 0.336 e. The summed E-state index contributed by atoms with van der Waals surface area (Å²) in [7, 11) is -1.55. The molecule has 10 rings (SSSR count). The number of ether oxygens (including phenoxy) is 5. The van der Waals surface area contributed by atoms with Crippen molar-refractivity contribution in [2.24, 2.45) is 5.92 Å². The fraction of sp³-hybridized carbons (Fsp3) is 0.300. The van der Waals surface area contributed by atoms with Crippen LogP contribution < -0.4 is 19.5 Å². The van der Waals surface area contributed by atoms with Crippen molar-refractivity contribution in [3.05, 3.63) is 163 Å². The molecule has 4 aromatic heterocycles. The number of carbonyl (C=O) groups is 1.